The molecule has 0 saturated heterocycles. The molecular weight excluding hydrogens is 404 g/mol. The summed E-state index contributed by atoms with van der Waals surface area (Å²) in [6.45, 7) is 12.2. The molecule has 0 aliphatic rings. The maximum atomic E-state index is 13.0. The molecule has 31 heavy (non-hydrogen) atoms. The molecule has 0 radical (unpaired) electrons. The van der Waals surface area contributed by atoms with Crippen LogP contribution in [0.15, 0.2) is 0 Å². The minimum absolute atomic E-state index is 0.0776. The van der Waals surface area contributed by atoms with Gasteiger partial charge in [0, 0.05) is 0 Å². The van der Waals surface area contributed by atoms with E-state index in [1.807, 2.05) is 20.8 Å². The lowest BCUT2D eigenvalue weighted by molar-refractivity contribution is -0.145. The van der Waals surface area contributed by atoms with Crippen LogP contribution < -0.4 is 21.7 Å². The van der Waals surface area contributed by atoms with Gasteiger partial charge >= 0.3 is 5.97 Å². The highest BCUT2D eigenvalue weighted by Crippen LogP contribution is 2.12. The van der Waals surface area contributed by atoms with E-state index in [2.05, 4.69) is 16.0 Å². The van der Waals surface area contributed by atoms with Gasteiger partial charge in [-0.1, -0.05) is 48.0 Å². The van der Waals surface area contributed by atoms with Crippen molar-refractivity contribution >= 4 is 23.7 Å². The van der Waals surface area contributed by atoms with E-state index < -0.39 is 54.0 Å². The number of hydrogen-bond acceptors (Lipinski definition) is 6. The molecule has 0 rings (SSSR count). The van der Waals surface area contributed by atoms with Crippen LogP contribution in [0, 0.1) is 17.8 Å². The summed E-state index contributed by atoms with van der Waals surface area (Å²) in [5.41, 5.74) is 5.88. The number of rotatable bonds is 13. The van der Waals surface area contributed by atoms with Crippen molar-refractivity contribution in [3.63, 3.8) is 0 Å². The standard InChI is InChI=1S/C21H40N4O6/c1-8-12(6)16(20(29)25-17(13(7)26)21(30)31)24-18(27)14(9-10(2)3)23-19(28)15(22)11(4)5/h10-17,26H,8-9,22H2,1-7H3,(H,23,28)(H,24,27)(H,25,29)(H,30,31). The van der Waals surface area contributed by atoms with Crippen LogP contribution in [0.3, 0.4) is 0 Å². The van der Waals surface area contributed by atoms with Crippen molar-refractivity contribution in [2.75, 3.05) is 0 Å². The number of aliphatic carboxylic acids is 1. The number of carbonyl (C=O) groups is 4. The Bertz CT molecular complexity index is 623. The van der Waals surface area contributed by atoms with Crippen LogP contribution in [0.5, 0.6) is 0 Å². The Kier molecular flexibility index (Phi) is 12.3. The molecule has 180 valence electrons. The van der Waals surface area contributed by atoms with Crippen LogP contribution in [0.2, 0.25) is 0 Å². The van der Waals surface area contributed by atoms with E-state index in [0.29, 0.717) is 12.8 Å². The van der Waals surface area contributed by atoms with Crippen LogP contribution >= 0.6 is 0 Å². The predicted molar refractivity (Wildman–Crippen MR) is 117 cm³/mol. The topological polar surface area (TPSA) is 171 Å². The zero-order chi connectivity index (χ0) is 24.5. The fourth-order valence-corrected chi connectivity index (χ4v) is 2.86. The highest BCUT2D eigenvalue weighted by Gasteiger charge is 2.34. The van der Waals surface area contributed by atoms with Crippen molar-refractivity contribution in [1.82, 2.24) is 16.0 Å². The van der Waals surface area contributed by atoms with Gasteiger partial charge in [0.25, 0.3) is 0 Å². The first kappa shape index (κ1) is 28.8. The van der Waals surface area contributed by atoms with Gasteiger partial charge in [-0.15, -0.1) is 0 Å². The van der Waals surface area contributed by atoms with E-state index in [1.165, 1.54) is 6.92 Å². The van der Waals surface area contributed by atoms with Gasteiger partial charge in [-0.2, -0.15) is 0 Å². The van der Waals surface area contributed by atoms with Crippen LogP contribution in [-0.4, -0.2) is 64.2 Å². The largest absolute Gasteiger partial charge is 0.480 e. The summed E-state index contributed by atoms with van der Waals surface area (Å²) >= 11 is 0. The average Bonchev–Trinajstić information content (AvgIpc) is 2.66. The number of aliphatic hydroxyl groups is 1. The van der Waals surface area contributed by atoms with Crippen LogP contribution in [-0.2, 0) is 19.2 Å². The monoisotopic (exact) mass is 444 g/mol. The molecule has 3 amide bonds. The summed E-state index contributed by atoms with van der Waals surface area (Å²) in [6.07, 6.45) is -0.451. The van der Waals surface area contributed by atoms with Gasteiger partial charge in [-0.05, 0) is 31.1 Å². The molecule has 7 N–H and O–H groups in total. The molecule has 6 unspecified atom stereocenters. The minimum Gasteiger partial charge on any atom is -0.480 e. The quantitative estimate of drug-likeness (QED) is 0.232. The molecule has 0 aliphatic heterocycles. The predicted octanol–water partition coefficient (Wildman–Crippen LogP) is -0.0183. The molecule has 0 spiro atoms. The number of amides is 3. The van der Waals surface area contributed by atoms with Crippen molar-refractivity contribution in [2.24, 2.45) is 23.5 Å². The van der Waals surface area contributed by atoms with Gasteiger partial charge in [0.05, 0.1) is 12.1 Å². The van der Waals surface area contributed by atoms with Crippen molar-refractivity contribution in [1.29, 1.82) is 0 Å². The molecule has 0 heterocycles. The highest BCUT2D eigenvalue weighted by atomic mass is 16.4. The molecule has 0 bridgehead atoms. The molecule has 0 aromatic heterocycles. The zero-order valence-corrected chi connectivity index (χ0v) is 19.6. The van der Waals surface area contributed by atoms with Crippen LogP contribution in [0.1, 0.15) is 61.3 Å². The molecule has 0 saturated carbocycles. The summed E-state index contributed by atoms with van der Waals surface area (Å²) in [5.74, 6) is -3.47. The lowest BCUT2D eigenvalue weighted by Gasteiger charge is -2.29. The third-order valence-electron chi connectivity index (χ3n) is 5.20. The maximum Gasteiger partial charge on any atom is 0.328 e. The first-order valence-corrected chi connectivity index (χ1v) is 10.8. The molecule has 0 aromatic rings. The Labute approximate surface area is 184 Å². The fraction of sp³-hybridized carbons (Fsp3) is 0.810. The molecule has 10 nitrogen and oxygen atoms in total. The Hall–Kier alpha value is -2.20. The number of hydrogen-bond donors (Lipinski definition) is 6. The number of aliphatic hydroxyl groups excluding tert-OH is 1. The molecule has 0 aliphatic carbocycles. The Morgan fingerprint density at radius 2 is 1.35 bits per heavy atom. The smallest absolute Gasteiger partial charge is 0.328 e. The second-order valence-electron chi connectivity index (χ2n) is 8.90. The van der Waals surface area contributed by atoms with Gasteiger partial charge in [-0.3, -0.25) is 14.4 Å². The number of nitrogens with one attached hydrogen (secondary N) is 3. The van der Waals surface area contributed by atoms with Crippen LogP contribution in [0.25, 0.3) is 0 Å². The molecular formula is C21H40N4O6. The fourth-order valence-electron chi connectivity index (χ4n) is 2.86. The van der Waals surface area contributed by atoms with Gasteiger partial charge in [0.2, 0.25) is 17.7 Å². The first-order valence-electron chi connectivity index (χ1n) is 10.8. The van der Waals surface area contributed by atoms with Crippen molar-refractivity contribution in [3.05, 3.63) is 0 Å². The van der Waals surface area contributed by atoms with E-state index in [1.54, 1.807) is 20.8 Å². The van der Waals surface area contributed by atoms with Crippen LogP contribution in [0.4, 0.5) is 0 Å². The Morgan fingerprint density at radius 3 is 1.74 bits per heavy atom. The van der Waals surface area contributed by atoms with E-state index in [0.717, 1.165) is 0 Å². The molecule has 0 fully saturated rings. The van der Waals surface area contributed by atoms with Gasteiger partial charge in [-0.25, -0.2) is 4.79 Å². The lowest BCUT2D eigenvalue weighted by Crippen LogP contribution is -2.60. The second kappa shape index (κ2) is 13.3. The minimum atomic E-state index is -1.51. The lowest BCUT2D eigenvalue weighted by atomic mass is 9.96. The molecule has 6 atom stereocenters. The zero-order valence-electron chi connectivity index (χ0n) is 19.6. The SMILES string of the molecule is CCC(C)C(NC(=O)C(CC(C)C)NC(=O)C(N)C(C)C)C(=O)NC(C(=O)O)C(C)O. The maximum absolute atomic E-state index is 13.0. The second-order valence-corrected chi connectivity index (χ2v) is 8.90. The van der Waals surface area contributed by atoms with E-state index >= 15 is 0 Å². The summed E-state index contributed by atoms with van der Waals surface area (Å²) in [6, 6.07) is -4.23. The summed E-state index contributed by atoms with van der Waals surface area (Å²) in [4.78, 5) is 49.4. The van der Waals surface area contributed by atoms with E-state index in [-0.39, 0.29) is 17.8 Å². The van der Waals surface area contributed by atoms with Crippen molar-refractivity contribution in [2.45, 2.75) is 91.6 Å². The normalized spacial score (nSPS) is 17.3. The molecule has 0 aromatic carbocycles. The van der Waals surface area contributed by atoms with Crippen molar-refractivity contribution < 1.29 is 29.4 Å². The Balaban J connectivity index is 5.57. The Morgan fingerprint density at radius 1 is 0.839 bits per heavy atom. The van der Waals surface area contributed by atoms with E-state index in [4.69, 9.17) is 5.73 Å². The number of nitrogens with two attached hydrogens (primary N) is 1. The first-order chi connectivity index (χ1) is 14.2. The van der Waals surface area contributed by atoms with Crippen molar-refractivity contribution in [3.8, 4) is 0 Å². The third-order valence-corrected chi connectivity index (χ3v) is 5.20. The van der Waals surface area contributed by atoms with Gasteiger partial charge in [0.15, 0.2) is 6.04 Å². The number of carbonyl (C=O) groups excluding carboxylic acids is 3. The summed E-state index contributed by atoms with van der Waals surface area (Å²) in [7, 11) is 0. The summed E-state index contributed by atoms with van der Waals surface area (Å²) < 4.78 is 0. The summed E-state index contributed by atoms with van der Waals surface area (Å²) in [5, 5.41) is 26.4. The third kappa shape index (κ3) is 9.65. The number of carboxylic acids is 1. The average molecular weight is 445 g/mol. The van der Waals surface area contributed by atoms with Gasteiger partial charge < -0.3 is 31.9 Å². The van der Waals surface area contributed by atoms with E-state index in [9.17, 15) is 29.4 Å². The van der Waals surface area contributed by atoms with Gasteiger partial charge in [0.1, 0.15) is 12.1 Å². The molecule has 10 heteroatoms. The number of carboxylic acid groups (broad SMARTS) is 1. The highest BCUT2D eigenvalue weighted by molar-refractivity contribution is 5.94.